The normalized spacial score (nSPS) is 9.77. The van der Waals surface area contributed by atoms with Crippen LogP contribution in [0.25, 0.3) is 0 Å². The Morgan fingerprint density at radius 2 is 2.15 bits per heavy atom. The molecule has 3 heteroatoms. The Morgan fingerprint density at radius 3 is 2.62 bits per heavy atom. The summed E-state index contributed by atoms with van der Waals surface area (Å²) in [6.45, 7) is 1.54. The highest BCUT2D eigenvalue weighted by molar-refractivity contribution is 7.98. The number of carbonyl (C=O) groups is 1. The van der Waals surface area contributed by atoms with Crippen molar-refractivity contribution in [2.45, 2.75) is 11.8 Å². The monoisotopic (exact) mass is 196 g/mol. The summed E-state index contributed by atoms with van der Waals surface area (Å²) in [5.74, 6) is 0.679. The predicted octanol–water partition coefficient (Wildman–Crippen LogP) is 2.62. The molecule has 0 saturated heterocycles. The minimum Gasteiger partial charge on any atom is -0.496 e. The third kappa shape index (κ3) is 2.25. The molecule has 0 spiro atoms. The number of hydrogen-bond acceptors (Lipinski definition) is 3. The number of benzene rings is 1. The van der Waals surface area contributed by atoms with Crippen molar-refractivity contribution >= 4 is 17.5 Å². The maximum absolute atomic E-state index is 11.2. The first kappa shape index (κ1) is 10.1. The SMILES string of the molecule is COc1ccc(SC)cc1C(C)=O. The predicted molar refractivity (Wildman–Crippen MR) is 54.8 cm³/mol. The summed E-state index contributed by atoms with van der Waals surface area (Å²) >= 11 is 1.61. The van der Waals surface area contributed by atoms with Crippen molar-refractivity contribution < 1.29 is 9.53 Å². The summed E-state index contributed by atoms with van der Waals surface area (Å²) in [6.07, 6.45) is 1.98. The molecule has 0 atom stereocenters. The first-order valence-corrected chi connectivity index (χ1v) is 5.14. The van der Waals surface area contributed by atoms with Crippen molar-refractivity contribution in [1.29, 1.82) is 0 Å². The largest absolute Gasteiger partial charge is 0.496 e. The van der Waals surface area contributed by atoms with E-state index in [0.29, 0.717) is 11.3 Å². The van der Waals surface area contributed by atoms with Gasteiger partial charge in [-0.15, -0.1) is 11.8 Å². The Kier molecular flexibility index (Phi) is 3.37. The van der Waals surface area contributed by atoms with Gasteiger partial charge in [-0.2, -0.15) is 0 Å². The average molecular weight is 196 g/mol. The number of ketones is 1. The highest BCUT2D eigenvalue weighted by atomic mass is 32.2. The summed E-state index contributed by atoms with van der Waals surface area (Å²) < 4.78 is 5.08. The minimum atomic E-state index is 0.0350. The summed E-state index contributed by atoms with van der Waals surface area (Å²) in [7, 11) is 1.57. The molecule has 2 nitrogen and oxygen atoms in total. The molecule has 0 amide bonds. The molecule has 1 rings (SSSR count). The van der Waals surface area contributed by atoms with Crippen molar-refractivity contribution in [1.82, 2.24) is 0 Å². The van der Waals surface area contributed by atoms with Crippen LogP contribution < -0.4 is 4.74 Å². The molecule has 0 saturated carbocycles. The van der Waals surface area contributed by atoms with Crippen molar-refractivity contribution in [3.63, 3.8) is 0 Å². The summed E-state index contributed by atoms with van der Waals surface area (Å²) in [5.41, 5.74) is 0.648. The quantitative estimate of drug-likeness (QED) is 0.549. The Hall–Kier alpha value is -0.960. The molecule has 1 aromatic rings. The van der Waals surface area contributed by atoms with Gasteiger partial charge in [0.15, 0.2) is 5.78 Å². The molecule has 13 heavy (non-hydrogen) atoms. The Morgan fingerprint density at radius 1 is 1.46 bits per heavy atom. The van der Waals surface area contributed by atoms with Crippen molar-refractivity contribution in [2.75, 3.05) is 13.4 Å². The van der Waals surface area contributed by atoms with Gasteiger partial charge >= 0.3 is 0 Å². The number of Topliss-reactive ketones (excluding diaryl/α,β-unsaturated/α-hetero) is 1. The number of carbonyl (C=O) groups excluding carboxylic acids is 1. The van der Waals surface area contributed by atoms with E-state index in [-0.39, 0.29) is 5.78 Å². The summed E-state index contributed by atoms with van der Waals surface area (Å²) in [5, 5.41) is 0. The van der Waals surface area contributed by atoms with E-state index in [1.54, 1.807) is 25.8 Å². The zero-order valence-corrected chi connectivity index (χ0v) is 8.77. The number of ether oxygens (including phenoxy) is 1. The van der Waals surface area contributed by atoms with Gasteiger partial charge in [0.25, 0.3) is 0 Å². The smallest absolute Gasteiger partial charge is 0.163 e. The standard InChI is InChI=1S/C10H12O2S/c1-7(11)9-6-8(13-3)4-5-10(9)12-2/h4-6H,1-3H3. The lowest BCUT2D eigenvalue weighted by atomic mass is 10.1. The maximum Gasteiger partial charge on any atom is 0.163 e. The van der Waals surface area contributed by atoms with E-state index >= 15 is 0 Å². The number of hydrogen-bond donors (Lipinski definition) is 0. The van der Waals surface area contributed by atoms with E-state index < -0.39 is 0 Å². The van der Waals surface area contributed by atoms with Crippen LogP contribution >= 0.6 is 11.8 Å². The van der Waals surface area contributed by atoms with Crippen LogP contribution in [0.4, 0.5) is 0 Å². The highest BCUT2D eigenvalue weighted by Crippen LogP contribution is 2.24. The fourth-order valence-corrected chi connectivity index (χ4v) is 1.53. The second kappa shape index (κ2) is 4.33. The molecule has 0 fully saturated rings. The van der Waals surface area contributed by atoms with Crippen LogP contribution in [0.2, 0.25) is 0 Å². The van der Waals surface area contributed by atoms with E-state index in [0.717, 1.165) is 4.90 Å². The first-order chi connectivity index (χ1) is 6.19. The Balaban J connectivity index is 3.18. The number of thioether (sulfide) groups is 1. The fraction of sp³-hybridized carbons (Fsp3) is 0.300. The van der Waals surface area contributed by atoms with Crippen LogP contribution in [0.3, 0.4) is 0 Å². The number of methoxy groups -OCH3 is 1. The van der Waals surface area contributed by atoms with Gasteiger partial charge in [-0.05, 0) is 31.4 Å². The van der Waals surface area contributed by atoms with E-state index in [2.05, 4.69) is 0 Å². The maximum atomic E-state index is 11.2. The van der Waals surface area contributed by atoms with E-state index in [1.807, 2.05) is 24.5 Å². The van der Waals surface area contributed by atoms with E-state index in [9.17, 15) is 4.79 Å². The second-order valence-corrected chi connectivity index (χ2v) is 3.50. The van der Waals surface area contributed by atoms with E-state index in [1.165, 1.54) is 0 Å². The Labute approximate surface area is 82.3 Å². The molecule has 0 aliphatic carbocycles. The minimum absolute atomic E-state index is 0.0350. The van der Waals surface area contributed by atoms with Gasteiger partial charge in [0.05, 0.1) is 12.7 Å². The molecule has 70 valence electrons. The molecule has 0 radical (unpaired) electrons. The molecule has 0 heterocycles. The molecular formula is C10H12O2S. The topological polar surface area (TPSA) is 26.3 Å². The van der Waals surface area contributed by atoms with E-state index in [4.69, 9.17) is 4.74 Å². The van der Waals surface area contributed by atoms with Gasteiger partial charge < -0.3 is 4.74 Å². The van der Waals surface area contributed by atoms with Gasteiger partial charge in [-0.1, -0.05) is 0 Å². The van der Waals surface area contributed by atoms with Crippen LogP contribution in [0, 0.1) is 0 Å². The van der Waals surface area contributed by atoms with Crippen LogP contribution in [0.15, 0.2) is 23.1 Å². The molecule has 0 aliphatic rings. The van der Waals surface area contributed by atoms with Crippen molar-refractivity contribution in [2.24, 2.45) is 0 Å². The van der Waals surface area contributed by atoms with Gasteiger partial charge in [0, 0.05) is 4.90 Å². The summed E-state index contributed by atoms with van der Waals surface area (Å²) in [6, 6.07) is 5.62. The number of rotatable bonds is 3. The second-order valence-electron chi connectivity index (χ2n) is 2.62. The van der Waals surface area contributed by atoms with Gasteiger partial charge in [0.1, 0.15) is 5.75 Å². The Bertz CT molecular complexity index is 321. The van der Waals surface area contributed by atoms with Crippen molar-refractivity contribution in [3.8, 4) is 5.75 Å². The van der Waals surface area contributed by atoms with Crippen LogP contribution in [0.1, 0.15) is 17.3 Å². The van der Waals surface area contributed by atoms with Gasteiger partial charge in [-0.25, -0.2) is 0 Å². The highest BCUT2D eigenvalue weighted by Gasteiger charge is 2.07. The molecular weight excluding hydrogens is 184 g/mol. The molecule has 1 aromatic carbocycles. The third-order valence-corrected chi connectivity index (χ3v) is 2.51. The molecule has 0 aromatic heterocycles. The lowest BCUT2D eigenvalue weighted by Gasteiger charge is -2.06. The first-order valence-electron chi connectivity index (χ1n) is 3.92. The fourth-order valence-electron chi connectivity index (χ4n) is 1.09. The molecule has 0 unspecified atom stereocenters. The van der Waals surface area contributed by atoms with Crippen LogP contribution in [-0.2, 0) is 0 Å². The molecule has 0 aliphatic heterocycles. The third-order valence-electron chi connectivity index (χ3n) is 1.79. The average Bonchev–Trinajstić information content (AvgIpc) is 2.16. The lowest BCUT2D eigenvalue weighted by molar-refractivity contribution is 0.101. The summed E-state index contributed by atoms with van der Waals surface area (Å²) in [4.78, 5) is 12.3. The zero-order chi connectivity index (χ0) is 9.84. The molecule has 0 N–H and O–H groups in total. The van der Waals surface area contributed by atoms with Crippen LogP contribution in [0.5, 0.6) is 5.75 Å². The van der Waals surface area contributed by atoms with Gasteiger partial charge in [0.2, 0.25) is 0 Å². The van der Waals surface area contributed by atoms with Crippen LogP contribution in [-0.4, -0.2) is 19.1 Å². The van der Waals surface area contributed by atoms with Crippen molar-refractivity contribution in [3.05, 3.63) is 23.8 Å². The van der Waals surface area contributed by atoms with Gasteiger partial charge in [-0.3, -0.25) is 4.79 Å². The lowest BCUT2D eigenvalue weighted by Crippen LogP contribution is -1.97. The molecule has 0 bridgehead atoms. The zero-order valence-electron chi connectivity index (χ0n) is 7.96.